The first kappa shape index (κ1) is 33.8. The Labute approximate surface area is 266 Å². The highest BCUT2D eigenvalue weighted by molar-refractivity contribution is 6.31. The molecule has 4 rings (SSSR count). The number of ether oxygens (including phenoxy) is 4. The number of halogens is 1. The molecule has 14 heteroatoms. The summed E-state index contributed by atoms with van der Waals surface area (Å²) in [6.07, 6.45) is 1.11. The van der Waals surface area contributed by atoms with Crippen molar-refractivity contribution >= 4 is 52.4 Å². The van der Waals surface area contributed by atoms with Crippen LogP contribution in [0.3, 0.4) is 0 Å². The van der Waals surface area contributed by atoms with Gasteiger partial charge in [-0.3, -0.25) is 14.4 Å². The van der Waals surface area contributed by atoms with E-state index in [1.807, 2.05) is 0 Å². The maximum atomic E-state index is 13.7. The smallest absolute Gasteiger partial charge is 0.409 e. The van der Waals surface area contributed by atoms with Gasteiger partial charge in [-0.05, 0) is 64.7 Å². The molecule has 1 aromatic heterocycles. The molecule has 1 unspecified atom stereocenters. The molecule has 1 aromatic carbocycles. The van der Waals surface area contributed by atoms with Gasteiger partial charge in [-0.15, -0.1) is 0 Å². The Kier molecular flexibility index (Phi) is 11.4. The van der Waals surface area contributed by atoms with Gasteiger partial charge in [-0.1, -0.05) is 11.6 Å². The SMILES string of the molecule is CCOC(=O)CCC(NC(=O)c1cc(OC2(C(=O)OCC)CCC2)c2ccc(Cl)cc2n1)C(=O)N1CCN(C(=O)OCC)CC1. The van der Waals surface area contributed by atoms with Crippen molar-refractivity contribution in [2.45, 2.75) is 64.5 Å². The lowest BCUT2D eigenvalue weighted by Crippen LogP contribution is -2.56. The van der Waals surface area contributed by atoms with Crippen LogP contribution in [0.2, 0.25) is 5.02 Å². The zero-order chi connectivity index (χ0) is 32.6. The van der Waals surface area contributed by atoms with Crippen LogP contribution in [0.1, 0.15) is 63.4 Å². The summed E-state index contributed by atoms with van der Waals surface area (Å²) < 4.78 is 21.6. The van der Waals surface area contributed by atoms with Crippen LogP contribution in [0.5, 0.6) is 5.75 Å². The van der Waals surface area contributed by atoms with E-state index >= 15 is 0 Å². The number of aromatic nitrogens is 1. The lowest BCUT2D eigenvalue weighted by molar-refractivity contribution is -0.169. The molecule has 0 bridgehead atoms. The third-order valence-corrected chi connectivity index (χ3v) is 7.98. The van der Waals surface area contributed by atoms with Gasteiger partial charge >= 0.3 is 18.0 Å². The molecule has 0 spiro atoms. The average molecular weight is 647 g/mol. The van der Waals surface area contributed by atoms with Crippen molar-refractivity contribution in [3.63, 3.8) is 0 Å². The molecule has 45 heavy (non-hydrogen) atoms. The molecule has 1 aliphatic heterocycles. The standard InChI is InChI=1S/C31H39ClN4O9/c1-4-42-26(37)11-10-22(28(39)35-14-16-36(17-15-35)30(41)44-6-3)34-27(38)24-19-25(21-9-8-20(32)18-23(21)33-24)45-31(12-7-13-31)29(40)43-5-2/h8-9,18-19,22H,4-7,10-17H2,1-3H3,(H,34,38). The quantitative estimate of drug-likeness (QED) is 0.268. The first-order chi connectivity index (χ1) is 21.6. The minimum atomic E-state index is -1.18. The largest absolute Gasteiger partial charge is 0.475 e. The maximum Gasteiger partial charge on any atom is 0.409 e. The van der Waals surface area contributed by atoms with Crippen molar-refractivity contribution in [1.29, 1.82) is 0 Å². The highest BCUT2D eigenvalue weighted by Crippen LogP contribution is 2.40. The molecular formula is C31H39ClN4O9. The highest BCUT2D eigenvalue weighted by Gasteiger charge is 2.48. The van der Waals surface area contributed by atoms with Crippen LogP contribution in [0.15, 0.2) is 24.3 Å². The molecule has 2 fully saturated rings. The van der Waals surface area contributed by atoms with E-state index in [2.05, 4.69) is 10.3 Å². The number of amides is 3. The Hall–Kier alpha value is -4.13. The van der Waals surface area contributed by atoms with E-state index in [4.69, 9.17) is 30.5 Å². The van der Waals surface area contributed by atoms with E-state index in [0.29, 0.717) is 28.8 Å². The van der Waals surface area contributed by atoms with Crippen LogP contribution in [0, 0.1) is 0 Å². The zero-order valence-corrected chi connectivity index (χ0v) is 26.5. The number of carbonyl (C=O) groups excluding carboxylic acids is 5. The monoisotopic (exact) mass is 646 g/mol. The van der Waals surface area contributed by atoms with E-state index < -0.39 is 41.5 Å². The van der Waals surface area contributed by atoms with E-state index in [-0.39, 0.29) is 70.3 Å². The van der Waals surface area contributed by atoms with Crippen molar-refractivity contribution in [2.24, 2.45) is 0 Å². The van der Waals surface area contributed by atoms with Crippen molar-refractivity contribution in [2.75, 3.05) is 46.0 Å². The van der Waals surface area contributed by atoms with E-state index in [0.717, 1.165) is 6.42 Å². The Morgan fingerprint density at radius 1 is 0.933 bits per heavy atom. The molecule has 1 atom stereocenters. The van der Waals surface area contributed by atoms with Crippen molar-refractivity contribution < 1.29 is 42.9 Å². The van der Waals surface area contributed by atoms with Gasteiger partial charge in [0.25, 0.3) is 5.91 Å². The van der Waals surface area contributed by atoms with Gasteiger partial charge in [0, 0.05) is 49.1 Å². The molecule has 1 N–H and O–H groups in total. The number of nitrogens with zero attached hydrogens (tertiary/aromatic N) is 3. The van der Waals surface area contributed by atoms with Gasteiger partial charge in [-0.25, -0.2) is 14.6 Å². The summed E-state index contributed by atoms with van der Waals surface area (Å²) in [5.41, 5.74) is -0.895. The number of pyridine rings is 1. The van der Waals surface area contributed by atoms with Gasteiger partial charge in [0.15, 0.2) is 0 Å². The summed E-state index contributed by atoms with van der Waals surface area (Å²) in [4.78, 5) is 72.0. The lowest BCUT2D eigenvalue weighted by Gasteiger charge is -2.39. The van der Waals surface area contributed by atoms with Crippen LogP contribution >= 0.6 is 11.6 Å². The lowest BCUT2D eigenvalue weighted by atomic mass is 9.80. The van der Waals surface area contributed by atoms with Crippen LogP contribution in [-0.2, 0) is 28.6 Å². The fourth-order valence-corrected chi connectivity index (χ4v) is 5.39. The first-order valence-corrected chi connectivity index (χ1v) is 15.6. The predicted molar refractivity (Wildman–Crippen MR) is 163 cm³/mol. The maximum absolute atomic E-state index is 13.7. The summed E-state index contributed by atoms with van der Waals surface area (Å²) in [7, 11) is 0. The van der Waals surface area contributed by atoms with E-state index in [9.17, 15) is 24.0 Å². The molecule has 1 saturated carbocycles. The number of benzene rings is 1. The van der Waals surface area contributed by atoms with Crippen LogP contribution in [-0.4, -0.2) is 102 Å². The summed E-state index contributed by atoms with van der Waals surface area (Å²) in [6.45, 7) is 6.71. The molecule has 2 aliphatic rings. The molecule has 3 amide bonds. The second-order valence-electron chi connectivity index (χ2n) is 10.7. The Balaban J connectivity index is 1.58. The topological polar surface area (TPSA) is 154 Å². The summed E-state index contributed by atoms with van der Waals surface area (Å²) in [5.74, 6) is -1.83. The number of rotatable bonds is 12. The van der Waals surface area contributed by atoms with Crippen molar-refractivity contribution in [1.82, 2.24) is 20.1 Å². The number of carbonyl (C=O) groups is 5. The minimum absolute atomic E-state index is 0.0176. The number of hydrogen-bond donors (Lipinski definition) is 1. The molecule has 13 nitrogen and oxygen atoms in total. The van der Waals surface area contributed by atoms with Crippen molar-refractivity contribution in [3.05, 3.63) is 35.0 Å². The fraction of sp³-hybridized carbons (Fsp3) is 0.548. The number of esters is 2. The molecular weight excluding hydrogens is 608 g/mol. The summed E-state index contributed by atoms with van der Waals surface area (Å²) >= 11 is 6.24. The van der Waals surface area contributed by atoms with Crippen LogP contribution in [0.4, 0.5) is 4.79 Å². The van der Waals surface area contributed by atoms with Gasteiger partial charge < -0.3 is 34.1 Å². The molecule has 1 saturated heterocycles. The number of nitrogens with one attached hydrogen (secondary N) is 1. The molecule has 244 valence electrons. The summed E-state index contributed by atoms with van der Waals surface area (Å²) in [5, 5.41) is 3.66. The third kappa shape index (κ3) is 8.13. The van der Waals surface area contributed by atoms with E-state index in [1.54, 1.807) is 39.0 Å². The average Bonchev–Trinajstić information content (AvgIpc) is 3.00. The Bertz CT molecular complexity index is 1420. The number of hydrogen-bond acceptors (Lipinski definition) is 10. The van der Waals surface area contributed by atoms with Crippen molar-refractivity contribution in [3.8, 4) is 5.75 Å². The minimum Gasteiger partial charge on any atom is -0.475 e. The van der Waals surface area contributed by atoms with Crippen LogP contribution < -0.4 is 10.1 Å². The van der Waals surface area contributed by atoms with Crippen LogP contribution in [0.25, 0.3) is 10.9 Å². The second-order valence-corrected chi connectivity index (χ2v) is 11.2. The van der Waals surface area contributed by atoms with E-state index in [1.165, 1.54) is 15.9 Å². The van der Waals surface area contributed by atoms with Gasteiger partial charge in [0.2, 0.25) is 11.5 Å². The second kappa shape index (κ2) is 15.2. The highest BCUT2D eigenvalue weighted by atomic mass is 35.5. The number of piperazine rings is 1. The molecule has 1 aliphatic carbocycles. The summed E-state index contributed by atoms with van der Waals surface area (Å²) in [6, 6.07) is 5.26. The first-order valence-electron chi connectivity index (χ1n) is 15.2. The zero-order valence-electron chi connectivity index (χ0n) is 25.8. The molecule has 0 radical (unpaired) electrons. The predicted octanol–water partition coefficient (Wildman–Crippen LogP) is 3.50. The normalized spacial score (nSPS) is 16.3. The molecule has 2 heterocycles. The van der Waals surface area contributed by atoms with Gasteiger partial charge in [0.1, 0.15) is 17.5 Å². The molecule has 2 aromatic rings. The fourth-order valence-electron chi connectivity index (χ4n) is 5.22. The van der Waals surface area contributed by atoms with Gasteiger partial charge in [-0.2, -0.15) is 0 Å². The Morgan fingerprint density at radius 3 is 2.22 bits per heavy atom. The number of fused-ring (bicyclic) bond motifs is 1. The third-order valence-electron chi connectivity index (χ3n) is 7.74. The van der Waals surface area contributed by atoms with Gasteiger partial charge in [0.05, 0.1) is 25.3 Å². The Morgan fingerprint density at radius 2 is 1.60 bits per heavy atom.